The van der Waals surface area contributed by atoms with E-state index >= 15 is 0 Å². The van der Waals surface area contributed by atoms with Gasteiger partial charge in [-0.3, -0.25) is 0 Å². The van der Waals surface area contributed by atoms with Crippen LogP contribution in [-0.4, -0.2) is 17.4 Å². The minimum atomic E-state index is -6.10. The van der Waals surface area contributed by atoms with E-state index in [1.807, 2.05) is 0 Å². The molecule has 0 heterocycles. The van der Waals surface area contributed by atoms with E-state index in [1.54, 1.807) is 0 Å². The summed E-state index contributed by atoms with van der Waals surface area (Å²) in [5, 5.41) is 6.03. The number of rotatable bonds is 13. The average molecular weight is 899 g/mol. The van der Waals surface area contributed by atoms with Crippen LogP contribution in [0.1, 0.15) is 92.4 Å². The number of nitrogens with one attached hydrogen (secondary N) is 2. The SMILES string of the molecule is CCC(C)C1=Cc2c(-c3cccc(C)c3C)cccc2[CH]1[Hf]([Cl])([Cl])([B](NC=O)NC=O)[CH]1C(C(C)CC)=Cc2c(-c3cccc(C)c3C)cccc21. The summed E-state index contributed by atoms with van der Waals surface area (Å²) in [5.74, 6) is 0.284. The maximum absolute atomic E-state index is 12.6. The Bertz CT molecular complexity index is 1980. The van der Waals surface area contributed by atoms with Gasteiger partial charge < -0.3 is 0 Å². The molecule has 2 N–H and O–H groups in total. The molecule has 0 saturated carbocycles. The van der Waals surface area contributed by atoms with Crippen LogP contribution in [0.15, 0.2) is 83.9 Å². The maximum atomic E-state index is 12.6. The number of aryl methyl sites for hydroxylation is 2. The Morgan fingerprint density at radius 3 is 1.37 bits per heavy atom. The van der Waals surface area contributed by atoms with E-state index in [-0.39, 0.29) is 11.8 Å². The van der Waals surface area contributed by atoms with Gasteiger partial charge in [-0.25, -0.2) is 0 Å². The van der Waals surface area contributed by atoms with Crippen molar-refractivity contribution in [1.29, 1.82) is 0 Å². The summed E-state index contributed by atoms with van der Waals surface area (Å²) in [6.45, 7) is 17.5. The second kappa shape index (κ2) is 14.9. The molecule has 2 aliphatic rings. The second-order valence-electron chi connectivity index (χ2n) is 15.1. The van der Waals surface area contributed by atoms with Crippen LogP contribution in [0.3, 0.4) is 0 Å². The van der Waals surface area contributed by atoms with Crippen LogP contribution >= 0.6 is 17.2 Å². The van der Waals surface area contributed by atoms with Crippen molar-refractivity contribution in [2.45, 2.75) is 75.6 Å². The molecular formula is C44H50BCl2HfN2O2. The van der Waals surface area contributed by atoms with Crippen molar-refractivity contribution >= 4 is 46.7 Å². The average Bonchev–Trinajstić information content (AvgIpc) is 3.75. The molecule has 52 heavy (non-hydrogen) atoms. The number of carbonyl (C=O) groups excluding carboxylic acids is 2. The number of hydrogen-bond donors (Lipinski definition) is 2. The van der Waals surface area contributed by atoms with Crippen molar-refractivity contribution in [2.75, 3.05) is 0 Å². The van der Waals surface area contributed by atoms with Crippen molar-refractivity contribution in [1.82, 2.24) is 10.5 Å². The number of carbonyl (C=O) groups is 2. The Balaban J connectivity index is 1.72. The molecule has 0 fully saturated rings. The molecule has 4 aromatic carbocycles. The molecule has 4 nitrogen and oxygen atoms in total. The van der Waals surface area contributed by atoms with Gasteiger partial charge in [0.25, 0.3) is 0 Å². The van der Waals surface area contributed by atoms with Crippen LogP contribution in [0, 0.1) is 39.5 Å². The number of amides is 2. The van der Waals surface area contributed by atoms with Crippen molar-refractivity contribution < 1.29 is 25.5 Å². The molecule has 269 valence electrons. The van der Waals surface area contributed by atoms with Crippen molar-refractivity contribution in [3.05, 3.63) is 128 Å². The molecule has 0 radical (unpaired) electrons. The molecule has 8 heteroatoms. The third kappa shape index (κ3) is 6.11. The zero-order valence-corrected chi connectivity index (χ0v) is 36.7. The van der Waals surface area contributed by atoms with Crippen molar-refractivity contribution in [3.63, 3.8) is 0 Å². The number of fused-ring (bicyclic) bond motifs is 2. The van der Waals surface area contributed by atoms with Gasteiger partial charge in [0.05, 0.1) is 0 Å². The van der Waals surface area contributed by atoms with Crippen LogP contribution in [-0.2, 0) is 25.5 Å². The molecule has 2 amide bonds. The topological polar surface area (TPSA) is 58.2 Å². The fourth-order valence-electron chi connectivity index (χ4n) is 8.97. The Kier molecular flexibility index (Phi) is 11.1. The van der Waals surface area contributed by atoms with E-state index in [0.717, 1.165) is 46.2 Å². The third-order valence-electron chi connectivity index (χ3n) is 12.5. The van der Waals surface area contributed by atoms with Crippen LogP contribution in [0.5, 0.6) is 0 Å². The molecule has 0 aromatic heterocycles. The molecule has 2 aliphatic carbocycles. The molecule has 0 aliphatic heterocycles. The molecule has 4 aromatic rings. The quantitative estimate of drug-likeness (QED) is 0.104. The van der Waals surface area contributed by atoms with Gasteiger partial charge in [-0.1, -0.05) is 0 Å². The van der Waals surface area contributed by atoms with Gasteiger partial charge >= 0.3 is 321 Å². The number of halogens is 2. The number of hydrogen-bond acceptors (Lipinski definition) is 2. The van der Waals surface area contributed by atoms with Crippen molar-refractivity contribution in [2.24, 2.45) is 11.8 Å². The summed E-state index contributed by atoms with van der Waals surface area (Å²) in [4.78, 5) is 25.2. The first kappa shape index (κ1) is 38.5. The van der Waals surface area contributed by atoms with Gasteiger partial charge in [0.1, 0.15) is 0 Å². The van der Waals surface area contributed by atoms with E-state index in [4.69, 9.17) is 17.2 Å². The van der Waals surface area contributed by atoms with Crippen LogP contribution in [0.4, 0.5) is 0 Å². The third-order valence-corrected chi connectivity index (χ3v) is 40.9. The van der Waals surface area contributed by atoms with E-state index in [9.17, 15) is 9.59 Å². The summed E-state index contributed by atoms with van der Waals surface area (Å²) < 4.78 is -1.74. The Labute approximate surface area is 318 Å². The summed E-state index contributed by atoms with van der Waals surface area (Å²) in [5.41, 5.74) is 16.3. The Hall–Kier alpha value is -3.18. The van der Waals surface area contributed by atoms with Gasteiger partial charge in [-0.15, -0.1) is 0 Å². The fourth-order valence-corrected chi connectivity index (χ4v) is 38.7. The second-order valence-corrected chi connectivity index (χ2v) is 45.5. The summed E-state index contributed by atoms with van der Waals surface area (Å²) in [7, 11) is 17.5. The van der Waals surface area contributed by atoms with E-state index < -0.39 is 27.8 Å². The van der Waals surface area contributed by atoms with Crippen LogP contribution in [0.25, 0.3) is 34.4 Å². The zero-order chi connectivity index (χ0) is 37.6. The van der Waals surface area contributed by atoms with Gasteiger partial charge in [-0.2, -0.15) is 0 Å². The Morgan fingerprint density at radius 2 is 1.00 bits per heavy atom. The van der Waals surface area contributed by atoms with Crippen LogP contribution < -0.4 is 10.5 Å². The van der Waals surface area contributed by atoms with E-state index in [0.29, 0.717) is 12.8 Å². The Morgan fingerprint density at radius 1 is 0.635 bits per heavy atom. The molecular weight excluding hydrogens is 849 g/mol. The first-order valence-electron chi connectivity index (χ1n) is 18.6. The minimum absolute atomic E-state index is 0.142. The summed E-state index contributed by atoms with van der Waals surface area (Å²) in [6, 6.07) is 25.9. The number of allylic oxidation sites excluding steroid dienone is 2. The first-order chi connectivity index (χ1) is 24.8. The molecule has 4 unspecified atom stereocenters. The van der Waals surface area contributed by atoms with E-state index in [2.05, 4.69) is 151 Å². The predicted molar refractivity (Wildman–Crippen MR) is 219 cm³/mol. The monoisotopic (exact) mass is 899 g/mol. The van der Waals surface area contributed by atoms with Gasteiger partial charge in [0.15, 0.2) is 0 Å². The molecule has 0 bridgehead atoms. The summed E-state index contributed by atoms with van der Waals surface area (Å²) >= 11 is -6.10. The normalized spacial score (nSPS) is 18.2. The van der Waals surface area contributed by atoms with Gasteiger partial charge in [0, 0.05) is 0 Å². The first-order valence-corrected chi connectivity index (χ1v) is 33.7. The number of benzene rings is 4. The molecule has 6 rings (SSSR count). The molecule has 4 atom stereocenters. The van der Waals surface area contributed by atoms with E-state index in [1.165, 1.54) is 44.5 Å². The van der Waals surface area contributed by atoms with Gasteiger partial charge in [0.2, 0.25) is 0 Å². The molecule has 0 spiro atoms. The fraction of sp³-hybridized carbons (Fsp3) is 0.318. The standard InChI is InChI=1S/2C21H23.C2H3BN2O2.2ClH.Hf/c2*1-5-14(2)18-12-17-9-7-11-20(21(17)13-18)19-10-6-8-15(3)16(19)4;6-1-4-3-5-2-7;;;/h2*6-14H,5H2,1-4H3;1-2H,(H-,4,5,6,7);2*1H;/q;;;;;+1/p-1. The predicted octanol–water partition coefficient (Wildman–Crippen LogP) is 11.4. The van der Waals surface area contributed by atoms with Crippen LogP contribution in [0.2, 0.25) is 0 Å². The van der Waals surface area contributed by atoms with Crippen molar-refractivity contribution in [3.8, 4) is 22.3 Å². The summed E-state index contributed by atoms with van der Waals surface area (Å²) in [6.07, 6.45) is 7.72. The molecule has 0 saturated heterocycles. The van der Waals surface area contributed by atoms with Gasteiger partial charge in [-0.05, 0) is 0 Å². The zero-order valence-electron chi connectivity index (χ0n) is 31.6.